The van der Waals surface area contributed by atoms with Gasteiger partial charge in [0.1, 0.15) is 0 Å². The third-order valence-corrected chi connectivity index (χ3v) is 4.05. The van der Waals surface area contributed by atoms with Crippen molar-refractivity contribution in [1.29, 1.82) is 0 Å². The van der Waals surface area contributed by atoms with Gasteiger partial charge in [0.25, 0.3) is 5.91 Å². The van der Waals surface area contributed by atoms with Crippen molar-refractivity contribution in [3.63, 3.8) is 0 Å². The van der Waals surface area contributed by atoms with Crippen LogP contribution in [0.15, 0.2) is 18.2 Å². The molecule has 19 heavy (non-hydrogen) atoms. The van der Waals surface area contributed by atoms with Gasteiger partial charge in [0.05, 0.1) is 0 Å². The maximum atomic E-state index is 12.1. The number of nitrogens with two attached hydrogens (primary N) is 1. The average molecular weight is 260 g/mol. The van der Waals surface area contributed by atoms with Crippen LogP contribution in [0.2, 0.25) is 0 Å². The number of rotatable bonds is 3. The van der Waals surface area contributed by atoms with Crippen LogP contribution in [0.25, 0.3) is 0 Å². The van der Waals surface area contributed by atoms with E-state index >= 15 is 0 Å². The van der Waals surface area contributed by atoms with Crippen LogP contribution >= 0.6 is 0 Å². The second-order valence-electron chi connectivity index (χ2n) is 5.97. The summed E-state index contributed by atoms with van der Waals surface area (Å²) in [7, 11) is 0. The SMILES string of the molecule is Cc1cc(N)cc(C(=O)NCC2CCC(C)CC2)c1. The molecule has 1 aromatic carbocycles. The summed E-state index contributed by atoms with van der Waals surface area (Å²) in [6.07, 6.45) is 5.05. The van der Waals surface area contributed by atoms with E-state index in [4.69, 9.17) is 5.73 Å². The summed E-state index contributed by atoms with van der Waals surface area (Å²) in [6, 6.07) is 5.50. The molecular weight excluding hydrogens is 236 g/mol. The Kier molecular flexibility index (Phi) is 4.46. The number of benzene rings is 1. The summed E-state index contributed by atoms with van der Waals surface area (Å²) in [6.45, 7) is 5.05. The zero-order valence-corrected chi connectivity index (χ0v) is 11.9. The van der Waals surface area contributed by atoms with Crippen LogP contribution < -0.4 is 11.1 Å². The Morgan fingerprint density at radius 2 is 1.95 bits per heavy atom. The fourth-order valence-corrected chi connectivity index (χ4v) is 2.82. The fraction of sp³-hybridized carbons (Fsp3) is 0.562. The lowest BCUT2D eigenvalue weighted by molar-refractivity contribution is 0.0942. The standard InChI is InChI=1S/C16H24N2O/c1-11-3-5-13(6-4-11)10-18-16(19)14-7-12(2)8-15(17)9-14/h7-9,11,13H,3-6,10,17H2,1-2H3,(H,18,19). The van der Waals surface area contributed by atoms with Crippen LogP contribution in [0.3, 0.4) is 0 Å². The lowest BCUT2D eigenvalue weighted by Gasteiger charge is -2.26. The Labute approximate surface area is 115 Å². The molecule has 3 heteroatoms. The molecule has 0 aliphatic heterocycles. The quantitative estimate of drug-likeness (QED) is 0.820. The molecule has 0 spiro atoms. The number of nitrogens with one attached hydrogen (secondary N) is 1. The minimum absolute atomic E-state index is 0.00554. The number of nitrogen functional groups attached to an aromatic ring is 1. The lowest BCUT2D eigenvalue weighted by Crippen LogP contribution is -2.31. The Balaban J connectivity index is 1.87. The highest BCUT2D eigenvalue weighted by Gasteiger charge is 2.18. The third-order valence-electron chi connectivity index (χ3n) is 4.05. The first-order chi connectivity index (χ1) is 9.04. The molecule has 0 saturated heterocycles. The van der Waals surface area contributed by atoms with Crippen molar-refractivity contribution in [2.75, 3.05) is 12.3 Å². The largest absolute Gasteiger partial charge is 0.399 e. The minimum atomic E-state index is -0.00554. The van der Waals surface area contributed by atoms with E-state index in [9.17, 15) is 4.79 Å². The number of hydrogen-bond acceptors (Lipinski definition) is 2. The summed E-state index contributed by atoms with van der Waals surface area (Å²) < 4.78 is 0. The number of carbonyl (C=O) groups excluding carboxylic acids is 1. The van der Waals surface area contributed by atoms with Gasteiger partial charge in [0.15, 0.2) is 0 Å². The molecule has 0 radical (unpaired) electrons. The number of amides is 1. The van der Waals surface area contributed by atoms with Crippen molar-refractivity contribution < 1.29 is 4.79 Å². The van der Waals surface area contributed by atoms with Crippen LogP contribution in [0.4, 0.5) is 5.69 Å². The second kappa shape index (κ2) is 6.09. The van der Waals surface area contributed by atoms with Crippen LogP contribution in [0, 0.1) is 18.8 Å². The zero-order valence-electron chi connectivity index (χ0n) is 11.9. The Bertz CT molecular complexity index is 428. The van der Waals surface area contributed by atoms with E-state index in [-0.39, 0.29) is 5.91 Å². The molecule has 1 aliphatic rings. The first kappa shape index (κ1) is 13.9. The highest BCUT2D eigenvalue weighted by atomic mass is 16.1. The molecule has 3 N–H and O–H groups in total. The molecular formula is C16H24N2O. The number of hydrogen-bond donors (Lipinski definition) is 2. The summed E-state index contributed by atoms with van der Waals surface area (Å²) in [4.78, 5) is 12.1. The Morgan fingerprint density at radius 1 is 1.26 bits per heavy atom. The normalized spacial score (nSPS) is 23.1. The smallest absolute Gasteiger partial charge is 0.251 e. The van der Waals surface area contributed by atoms with Gasteiger partial charge in [0.2, 0.25) is 0 Å². The van der Waals surface area contributed by atoms with Gasteiger partial charge < -0.3 is 11.1 Å². The van der Waals surface area contributed by atoms with Gasteiger partial charge in [-0.1, -0.05) is 19.8 Å². The van der Waals surface area contributed by atoms with E-state index in [1.54, 1.807) is 6.07 Å². The molecule has 0 aromatic heterocycles. The second-order valence-corrected chi connectivity index (χ2v) is 5.97. The monoisotopic (exact) mass is 260 g/mol. The Hall–Kier alpha value is -1.51. The molecule has 0 atom stereocenters. The van der Waals surface area contributed by atoms with E-state index in [1.807, 2.05) is 19.1 Å². The lowest BCUT2D eigenvalue weighted by atomic mass is 9.83. The van der Waals surface area contributed by atoms with Crippen LogP contribution in [0.1, 0.15) is 48.5 Å². The molecule has 2 rings (SSSR count). The number of anilines is 1. The molecule has 0 bridgehead atoms. The maximum absolute atomic E-state index is 12.1. The van der Waals surface area contributed by atoms with Gasteiger partial charge in [0, 0.05) is 17.8 Å². The predicted octanol–water partition coefficient (Wildman–Crippen LogP) is 3.13. The van der Waals surface area contributed by atoms with Crippen LogP contribution in [-0.4, -0.2) is 12.5 Å². The van der Waals surface area contributed by atoms with Gasteiger partial charge in [-0.25, -0.2) is 0 Å². The van der Waals surface area contributed by atoms with E-state index in [0.717, 1.165) is 18.0 Å². The zero-order chi connectivity index (χ0) is 13.8. The number of carbonyl (C=O) groups is 1. The van der Waals surface area contributed by atoms with Gasteiger partial charge in [-0.05, 0) is 55.4 Å². The minimum Gasteiger partial charge on any atom is -0.399 e. The van der Waals surface area contributed by atoms with E-state index in [2.05, 4.69) is 12.2 Å². The molecule has 104 valence electrons. The molecule has 1 saturated carbocycles. The van der Waals surface area contributed by atoms with Gasteiger partial charge >= 0.3 is 0 Å². The summed E-state index contributed by atoms with van der Waals surface area (Å²) >= 11 is 0. The van der Waals surface area contributed by atoms with E-state index in [0.29, 0.717) is 17.2 Å². The third kappa shape index (κ3) is 3.98. The highest BCUT2D eigenvalue weighted by Crippen LogP contribution is 2.27. The van der Waals surface area contributed by atoms with Crippen molar-refractivity contribution in [2.45, 2.75) is 39.5 Å². The van der Waals surface area contributed by atoms with Crippen LogP contribution in [-0.2, 0) is 0 Å². The van der Waals surface area contributed by atoms with Crippen molar-refractivity contribution in [1.82, 2.24) is 5.32 Å². The van der Waals surface area contributed by atoms with Crippen LogP contribution in [0.5, 0.6) is 0 Å². The first-order valence-corrected chi connectivity index (χ1v) is 7.20. The molecule has 3 nitrogen and oxygen atoms in total. The van der Waals surface area contributed by atoms with Crippen molar-refractivity contribution in [3.05, 3.63) is 29.3 Å². The molecule has 1 aromatic rings. The van der Waals surface area contributed by atoms with E-state index in [1.165, 1.54) is 25.7 Å². The van der Waals surface area contributed by atoms with E-state index < -0.39 is 0 Å². The van der Waals surface area contributed by atoms with Gasteiger partial charge in [-0.15, -0.1) is 0 Å². The molecule has 0 heterocycles. The van der Waals surface area contributed by atoms with Gasteiger partial charge in [-0.2, -0.15) is 0 Å². The molecule has 1 aliphatic carbocycles. The highest BCUT2D eigenvalue weighted by molar-refractivity contribution is 5.95. The topological polar surface area (TPSA) is 55.1 Å². The molecule has 1 fully saturated rings. The maximum Gasteiger partial charge on any atom is 0.251 e. The molecule has 1 amide bonds. The average Bonchev–Trinajstić information content (AvgIpc) is 2.36. The Morgan fingerprint density at radius 3 is 2.58 bits per heavy atom. The fourth-order valence-electron chi connectivity index (χ4n) is 2.82. The van der Waals surface area contributed by atoms with Crippen molar-refractivity contribution >= 4 is 11.6 Å². The summed E-state index contributed by atoms with van der Waals surface area (Å²) in [5.74, 6) is 1.49. The first-order valence-electron chi connectivity index (χ1n) is 7.20. The van der Waals surface area contributed by atoms with Crippen molar-refractivity contribution in [2.24, 2.45) is 11.8 Å². The number of aryl methyl sites for hydroxylation is 1. The predicted molar refractivity (Wildman–Crippen MR) is 79.0 cm³/mol. The van der Waals surface area contributed by atoms with Gasteiger partial charge in [-0.3, -0.25) is 4.79 Å². The van der Waals surface area contributed by atoms with Crippen molar-refractivity contribution in [3.8, 4) is 0 Å². The summed E-state index contributed by atoms with van der Waals surface area (Å²) in [5, 5.41) is 3.04. The molecule has 0 unspecified atom stereocenters. The summed E-state index contributed by atoms with van der Waals surface area (Å²) in [5.41, 5.74) is 8.11.